The highest BCUT2D eigenvalue weighted by Crippen LogP contribution is 2.58. The Morgan fingerprint density at radius 2 is 2.03 bits per heavy atom. The fourth-order valence-electron chi connectivity index (χ4n) is 4.62. The number of imide groups is 1. The number of anilines is 1. The van der Waals surface area contributed by atoms with Crippen LogP contribution >= 0.6 is 27.5 Å². The number of carbonyl (C=O) groups is 2. The maximum absolute atomic E-state index is 13.7. The average Bonchev–Trinajstić information content (AvgIpc) is 2.91. The van der Waals surface area contributed by atoms with Gasteiger partial charge in [-0.05, 0) is 55.3 Å². The summed E-state index contributed by atoms with van der Waals surface area (Å²) in [6.07, 6.45) is 3.90. The van der Waals surface area contributed by atoms with Crippen molar-refractivity contribution in [1.29, 1.82) is 0 Å². The number of aromatic hydroxyl groups is 1. The number of rotatable bonds is 3. The zero-order valence-electron chi connectivity index (χ0n) is 16.0. The van der Waals surface area contributed by atoms with E-state index in [4.69, 9.17) is 11.6 Å². The van der Waals surface area contributed by atoms with Crippen LogP contribution in [0.5, 0.6) is 5.75 Å². The standard InChI is InChI=1S/C23H18BrClFNO3/c1-3-12-4-7-16-21(29)27(14-6-8-18(26)17(25)11-14)22(30)23(16,2)20(12)15-10-13(24)5-9-19(15)28/h3-6,8-11,16,20,28H,1,7H2,2H3. The Labute approximate surface area is 186 Å². The lowest BCUT2D eigenvalue weighted by molar-refractivity contribution is -0.127. The summed E-state index contributed by atoms with van der Waals surface area (Å²) in [6, 6.07) is 8.78. The molecule has 0 saturated carbocycles. The van der Waals surface area contributed by atoms with Gasteiger partial charge in [0.2, 0.25) is 11.8 Å². The van der Waals surface area contributed by atoms with E-state index in [1.54, 1.807) is 31.2 Å². The van der Waals surface area contributed by atoms with Crippen molar-refractivity contribution < 1.29 is 19.1 Å². The number of halogens is 3. The second-order valence-electron chi connectivity index (χ2n) is 7.69. The molecule has 0 aromatic heterocycles. The number of carbonyl (C=O) groups excluding carboxylic acids is 2. The minimum absolute atomic E-state index is 0.0290. The fourth-order valence-corrected chi connectivity index (χ4v) is 5.17. The molecule has 4 rings (SSSR count). The van der Waals surface area contributed by atoms with Gasteiger partial charge in [-0.2, -0.15) is 0 Å². The molecule has 30 heavy (non-hydrogen) atoms. The Bertz CT molecular complexity index is 1130. The van der Waals surface area contributed by atoms with E-state index in [1.807, 2.05) is 6.08 Å². The molecule has 1 N–H and O–H groups in total. The first-order chi connectivity index (χ1) is 14.2. The molecule has 1 fully saturated rings. The first-order valence-electron chi connectivity index (χ1n) is 9.34. The molecule has 2 aromatic carbocycles. The van der Waals surface area contributed by atoms with Gasteiger partial charge in [-0.25, -0.2) is 9.29 Å². The van der Waals surface area contributed by atoms with E-state index in [-0.39, 0.29) is 22.4 Å². The average molecular weight is 491 g/mol. The normalized spacial score (nSPS) is 25.9. The summed E-state index contributed by atoms with van der Waals surface area (Å²) >= 11 is 9.31. The zero-order valence-corrected chi connectivity index (χ0v) is 18.4. The van der Waals surface area contributed by atoms with Crippen molar-refractivity contribution in [2.45, 2.75) is 19.3 Å². The Morgan fingerprint density at radius 3 is 2.70 bits per heavy atom. The van der Waals surface area contributed by atoms with Gasteiger partial charge >= 0.3 is 0 Å². The van der Waals surface area contributed by atoms with Gasteiger partial charge in [-0.1, -0.05) is 46.3 Å². The molecule has 1 saturated heterocycles. The van der Waals surface area contributed by atoms with Crippen molar-refractivity contribution in [2.24, 2.45) is 11.3 Å². The molecule has 4 nitrogen and oxygen atoms in total. The predicted octanol–water partition coefficient (Wildman–Crippen LogP) is 5.74. The SMILES string of the molecule is C=CC1=CCC2C(=O)N(c3ccc(F)c(Cl)c3)C(=O)C2(C)C1c1cc(Br)ccc1O. The van der Waals surface area contributed by atoms with E-state index >= 15 is 0 Å². The van der Waals surface area contributed by atoms with Gasteiger partial charge in [0.15, 0.2) is 0 Å². The van der Waals surface area contributed by atoms with Crippen molar-refractivity contribution in [3.05, 3.63) is 81.6 Å². The summed E-state index contributed by atoms with van der Waals surface area (Å²) in [5.74, 6) is -2.61. The third-order valence-corrected chi connectivity index (χ3v) is 6.91. The summed E-state index contributed by atoms with van der Waals surface area (Å²) in [5, 5.41) is 10.4. The van der Waals surface area contributed by atoms with Crippen LogP contribution in [0.4, 0.5) is 10.1 Å². The summed E-state index contributed by atoms with van der Waals surface area (Å²) < 4.78 is 14.4. The van der Waals surface area contributed by atoms with Gasteiger partial charge in [0.1, 0.15) is 11.6 Å². The topological polar surface area (TPSA) is 57.6 Å². The molecule has 1 aliphatic carbocycles. The molecule has 2 aliphatic rings. The molecule has 2 amide bonds. The minimum atomic E-state index is -1.16. The van der Waals surface area contributed by atoms with Gasteiger partial charge in [-0.3, -0.25) is 9.59 Å². The van der Waals surface area contributed by atoms with Gasteiger partial charge in [0.05, 0.1) is 22.0 Å². The number of allylic oxidation sites excluding steroid dienone is 3. The molecule has 154 valence electrons. The predicted molar refractivity (Wildman–Crippen MR) is 117 cm³/mol. The van der Waals surface area contributed by atoms with Gasteiger partial charge < -0.3 is 5.11 Å². The van der Waals surface area contributed by atoms with Crippen LogP contribution in [0.15, 0.2) is 65.2 Å². The van der Waals surface area contributed by atoms with E-state index in [2.05, 4.69) is 22.5 Å². The van der Waals surface area contributed by atoms with Crippen LogP contribution in [0.25, 0.3) is 0 Å². The number of amides is 2. The lowest BCUT2D eigenvalue weighted by atomic mass is 9.60. The maximum Gasteiger partial charge on any atom is 0.241 e. The second kappa shape index (κ2) is 7.36. The van der Waals surface area contributed by atoms with E-state index in [9.17, 15) is 19.1 Å². The van der Waals surface area contributed by atoms with Crippen LogP contribution in [0.3, 0.4) is 0 Å². The maximum atomic E-state index is 13.7. The van der Waals surface area contributed by atoms with Crippen LogP contribution in [-0.4, -0.2) is 16.9 Å². The van der Waals surface area contributed by atoms with Crippen LogP contribution in [-0.2, 0) is 9.59 Å². The molecular weight excluding hydrogens is 473 g/mol. The van der Waals surface area contributed by atoms with E-state index in [0.29, 0.717) is 12.0 Å². The molecule has 0 radical (unpaired) electrons. The molecule has 7 heteroatoms. The molecule has 3 unspecified atom stereocenters. The summed E-state index contributed by atoms with van der Waals surface area (Å²) in [5.41, 5.74) is 0.364. The Kier molecular flexibility index (Phi) is 5.11. The summed E-state index contributed by atoms with van der Waals surface area (Å²) in [4.78, 5) is 28.1. The number of hydrogen-bond donors (Lipinski definition) is 1. The van der Waals surface area contributed by atoms with Crippen LogP contribution < -0.4 is 4.90 Å². The number of phenols is 1. The first kappa shape index (κ1) is 20.8. The highest BCUT2D eigenvalue weighted by molar-refractivity contribution is 9.10. The second-order valence-corrected chi connectivity index (χ2v) is 9.02. The Hall–Kier alpha value is -2.44. The summed E-state index contributed by atoms with van der Waals surface area (Å²) in [7, 11) is 0. The van der Waals surface area contributed by atoms with Crippen molar-refractivity contribution in [3.8, 4) is 5.75 Å². The zero-order chi connectivity index (χ0) is 21.8. The third-order valence-electron chi connectivity index (χ3n) is 6.13. The van der Waals surface area contributed by atoms with E-state index < -0.39 is 29.0 Å². The largest absolute Gasteiger partial charge is 0.508 e. The van der Waals surface area contributed by atoms with Crippen LogP contribution in [0, 0.1) is 17.2 Å². The number of hydrogen-bond acceptors (Lipinski definition) is 3. The first-order valence-corrected chi connectivity index (χ1v) is 10.5. The highest BCUT2D eigenvalue weighted by Gasteiger charge is 2.62. The molecule has 1 aliphatic heterocycles. The Balaban J connectivity index is 1.90. The molecular formula is C23H18BrClFNO3. The van der Waals surface area contributed by atoms with Gasteiger partial charge in [-0.15, -0.1) is 0 Å². The van der Waals surface area contributed by atoms with Crippen molar-refractivity contribution in [3.63, 3.8) is 0 Å². The number of fused-ring (bicyclic) bond motifs is 1. The molecule has 0 spiro atoms. The molecule has 0 bridgehead atoms. The highest BCUT2D eigenvalue weighted by atomic mass is 79.9. The fraction of sp³-hybridized carbons (Fsp3) is 0.217. The summed E-state index contributed by atoms with van der Waals surface area (Å²) in [6.45, 7) is 5.61. The Morgan fingerprint density at radius 1 is 1.30 bits per heavy atom. The molecule has 2 aromatic rings. The lowest BCUT2D eigenvalue weighted by Gasteiger charge is -2.40. The van der Waals surface area contributed by atoms with Crippen molar-refractivity contribution in [1.82, 2.24) is 0 Å². The van der Waals surface area contributed by atoms with Crippen molar-refractivity contribution >= 4 is 45.0 Å². The van der Waals surface area contributed by atoms with Crippen LogP contribution in [0.2, 0.25) is 5.02 Å². The van der Waals surface area contributed by atoms with E-state index in [0.717, 1.165) is 21.0 Å². The molecule has 3 atom stereocenters. The van der Waals surface area contributed by atoms with Gasteiger partial charge in [0, 0.05) is 16.0 Å². The van der Waals surface area contributed by atoms with Crippen molar-refractivity contribution in [2.75, 3.05) is 4.90 Å². The number of phenolic OH excluding ortho intramolecular Hbond substituents is 1. The smallest absolute Gasteiger partial charge is 0.241 e. The lowest BCUT2D eigenvalue weighted by Crippen LogP contribution is -2.41. The monoisotopic (exact) mass is 489 g/mol. The molecule has 1 heterocycles. The third kappa shape index (κ3) is 2.93. The number of nitrogens with zero attached hydrogens (tertiary/aromatic N) is 1. The van der Waals surface area contributed by atoms with Gasteiger partial charge in [0.25, 0.3) is 0 Å². The minimum Gasteiger partial charge on any atom is -0.508 e. The number of benzene rings is 2. The van der Waals surface area contributed by atoms with E-state index in [1.165, 1.54) is 12.1 Å². The van der Waals surface area contributed by atoms with Crippen LogP contribution in [0.1, 0.15) is 24.8 Å². The quantitative estimate of drug-likeness (QED) is 0.558.